The number of benzene rings is 1. The van der Waals surface area contributed by atoms with E-state index in [1.165, 1.54) is 11.8 Å². The van der Waals surface area contributed by atoms with Crippen LogP contribution in [0.5, 0.6) is 0 Å². The highest BCUT2D eigenvalue weighted by molar-refractivity contribution is 8.26. The fourth-order valence-electron chi connectivity index (χ4n) is 2.57. The number of amides is 1. The highest BCUT2D eigenvalue weighted by Crippen LogP contribution is 2.26. The number of pyridine rings is 2. The Morgan fingerprint density at radius 2 is 1.92 bits per heavy atom. The quantitative estimate of drug-likeness (QED) is 0.539. The number of fused-ring (bicyclic) bond motifs is 1. The fraction of sp³-hybridized carbons (Fsp3) is 0. The van der Waals surface area contributed by atoms with Crippen molar-refractivity contribution in [2.24, 2.45) is 0 Å². The third-order valence-electron chi connectivity index (χ3n) is 3.72. The van der Waals surface area contributed by atoms with Crippen LogP contribution < -0.4 is 10.9 Å². The highest BCUT2D eigenvalue weighted by atomic mass is 32.2. The normalized spacial score (nSPS) is 15.8. The Bertz CT molecular complexity index is 1120. The maximum absolute atomic E-state index is 12.4. The Labute approximate surface area is 152 Å². The van der Waals surface area contributed by atoms with Gasteiger partial charge >= 0.3 is 0 Å². The second-order valence-electron chi connectivity index (χ2n) is 5.40. The molecule has 2 aromatic heterocycles. The highest BCUT2D eigenvalue weighted by Gasteiger charge is 2.22. The second-order valence-corrected chi connectivity index (χ2v) is 7.12. The van der Waals surface area contributed by atoms with E-state index in [-0.39, 0.29) is 11.5 Å². The first-order valence-electron chi connectivity index (χ1n) is 7.44. The van der Waals surface area contributed by atoms with Gasteiger partial charge in [-0.1, -0.05) is 48.2 Å². The zero-order chi connectivity index (χ0) is 17.4. The first-order valence-corrected chi connectivity index (χ1v) is 8.67. The van der Waals surface area contributed by atoms with Gasteiger partial charge in [-0.2, -0.15) is 0 Å². The summed E-state index contributed by atoms with van der Waals surface area (Å²) in [4.78, 5) is 32.0. The second kappa shape index (κ2) is 6.27. The van der Waals surface area contributed by atoms with Crippen LogP contribution in [0.15, 0.2) is 58.2 Å². The van der Waals surface area contributed by atoms with Crippen molar-refractivity contribution in [3.05, 3.63) is 69.5 Å². The molecule has 4 rings (SSSR count). The van der Waals surface area contributed by atoms with Gasteiger partial charge in [-0.15, -0.1) is 0 Å². The molecule has 0 aliphatic carbocycles. The summed E-state index contributed by atoms with van der Waals surface area (Å²) < 4.78 is 0.429. The summed E-state index contributed by atoms with van der Waals surface area (Å²) >= 11 is 6.18. The Hall–Kier alpha value is -2.77. The van der Waals surface area contributed by atoms with Gasteiger partial charge < -0.3 is 10.3 Å². The summed E-state index contributed by atoms with van der Waals surface area (Å²) in [7, 11) is 0. The summed E-state index contributed by atoms with van der Waals surface area (Å²) in [5.41, 5.74) is 2.20. The van der Waals surface area contributed by atoms with Crippen LogP contribution in [-0.4, -0.2) is 20.2 Å². The molecule has 0 spiro atoms. The Balaban J connectivity index is 1.79. The lowest BCUT2D eigenvalue weighted by molar-refractivity contribution is -0.115. The van der Waals surface area contributed by atoms with Crippen LogP contribution >= 0.6 is 24.0 Å². The third-order valence-corrected chi connectivity index (χ3v) is 4.88. The molecule has 122 valence electrons. The number of carbonyl (C=O) groups is 1. The van der Waals surface area contributed by atoms with Crippen molar-refractivity contribution in [3.8, 4) is 11.3 Å². The van der Waals surface area contributed by atoms with E-state index in [1.807, 2.05) is 30.3 Å². The maximum atomic E-state index is 12.4. The Morgan fingerprint density at radius 1 is 1.08 bits per heavy atom. The van der Waals surface area contributed by atoms with Crippen LogP contribution in [0.2, 0.25) is 0 Å². The zero-order valence-corrected chi connectivity index (χ0v) is 14.4. The summed E-state index contributed by atoms with van der Waals surface area (Å²) in [6.45, 7) is 0. The van der Waals surface area contributed by atoms with Crippen molar-refractivity contribution in [3.63, 3.8) is 0 Å². The molecule has 1 amide bonds. The molecule has 5 nitrogen and oxygen atoms in total. The van der Waals surface area contributed by atoms with Gasteiger partial charge in [0.2, 0.25) is 0 Å². The van der Waals surface area contributed by atoms with Gasteiger partial charge in [-0.05, 0) is 35.7 Å². The lowest BCUT2D eigenvalue weighted by atomic mass is 10.1. The molecule has 1 fully saturated rings. The van der Waals surface area contributed by atoms with E-state index in [4.69, 9.17) is 12.2 Å². The van der Waals surface area contributed by atoms with Gasteiger partial charge in [0.1, 0.15) is 4.32 Å². The minimum Gasteiger partial charge on any atom is -0.321 e. The molecule has 7 heteroatoms. The summed E-state index contributed by atoms with van der Waals surface area (Å²) in [6.07, 6.45) is 1.66. The predicted octanol–water partition coefficient (Wildman–Crippen LogP) is 3.08. The first kappa shape index (κ1) is 15.7. The smallest absolute Gasteiger partial charge is 0.263 e. The van der Waals surface area contributed by atoms with Crippen molar-refractivity contribution < 1.29 is 4.79 Å². The average Bonchev–Trinajstić information content (AvgIpc) is 2.91. The van der Waals surface area contributed by atoms with Crippen LogP contribution in [0.1, 0.15) is 5.69 Å². The molecule has 1 saturated heterocycles. The molecule has 1 aliphatic rings. The number of nitrogens with one attached hydrogen (secondary N) is 2. The number of rotatable bonds is 2. The molecule has 25 heavy (non-hydrogen) atoms. The molecule has 0 unspecified atom stereocenters. The van der Waals surface area contributed by atoms with E-state index >= 15 is 0 Å². The topological polar surface area (TPSA) is 74.8 Å². The summed E-state index contributed by atoms with van der Waals surface area (Å²) in [6, 6.07) is 14.7. The van der Waals surface area contributed by atoms with Gasteiger partial charge in [-0.25, -0.2) is 4.98 Å². The molecule has 1 aromatic carbocycles. The maximum Gasteiger partial charge on any atom is 0.263 e. The van der Waals surface area contributed by atoms with E-state index in [0.717, 1.165) is 10.9 Å². The van der Waals surface area contributed by atoms with E-state index in [1.54, 1.807) is 24.3 Å². The number of para-hydroxylation sites is 1. The lowest BCUT2D eigenvalue weighted by Gasteiger charge is -2.04. The van der Waals surface area contributed by atoms with Gasteiger partial charge in [0.15, 0.2) is 0 Å². The number of nitrogens with zero attached hydrogens (tertiary/aromatic N) is 1. The zero-order valence-electron chi connectivity index (χ0n) is 12.8. The molecule has 3 heterocycles. The van der Waals surface area contributed by atoms with Gasteiger partial charge in [0.25, 0.3) is 11.5 Å². The van der Waals surface area contributed by atoms with Crippen molar-refractivity contribution in [2.75, 3.05) is 0 Å². The van der Waals surface area contributed by atoms with Gasteiger partial charge in [-0.3, -0.25) is 9.59 Å². The van der Waals surface area contributed by atoms with Crippen molar-refractivity contribution >= 4 is 51.2 Å². The minimum atomic E-state index is -0.231. The van der Waals surface area contributed by atoms with Crippen LogP contribution in [0, 0.1) is 0 Å². The molecule has 3 aromatic rings. The third kappa shape index (κ3) is 3.11. The number of thiocarbonyl (C=S) groups is 1. The molecular formula is C18H11N3O2S2. The number of thioether (sulfide) groups is 1. The van der Waals surface area contributed by atoms with E-state index in [9.17, 15) is 9.59 Å². The monoisotopic (exact) mass is 365 g/mol. The van der Waals surface area contributed by atoms with Gasteiger partial charge in [0.05, 0.1) is 21.9 Å². The molecule has 0 atom stereocenters. The first-order chi connectivity index (χ1) is 12.1. The SMILES string of the molecule is O=C1NC(=S)S/C1=C\c1cccc(-c2cc3ccccc3[nH]c2=O)n1. The Kier molecular flexibility index (Phi) is 3.95. The average molecular weight is 365 g/mol. The number of carbonyl (C=O) groups excluding carboxylic acids is 1. The fourth-order valence-corrected chi connectivity index (χ4v) is 3.60. The molecule has 1 aliphatic heterocycles. The standard InChI is InChI=1S/C18H11N3O2S2/c22-16-12(8-10-4-1-2-6-13(10)20-16)14-7-3-5-11(19-14)9-15-17(23)21-18(24)25-15/h1-9H,(H,20,22)(H,21,23,24)/b15-9-. The molecule has 2 N–H and O–H groups in total. The molecule has 0 radical (unpaired) electrons. The van der Waals surface area contributed by atoms with Crippen LogP contribution in [0.25, 0.3) is 28.2 Å². The number of aromatic nitrogens is 2. The predicted molar refractivity (Wildman–Crippen MR) is 104 cm³/mol. The van der Waals surface area contributed by atoms with E-state index in [2.05, 4.69) is 15.3 Å². The molecule has 0 saturated carbocycles. The van der Waals surface area contributed by atoms with E-state index in [0.29, 0.717) is 26.2 Å². The van der Waals surface area contributed by atoms with Crippen LogP contribution in [0.3, 0.4) is 0 Å². The van der Waals surface area contributed by atoms with Gasteiger partial charge in [0, 0.05) is 5.52 Å². The summed E-state index contributed by atoms with van der Waals surface area (Å²) in [5.74, 6) is -0.231. The number of aromatic amines is 1. The molecular weight excluding hydrogens is 354 g/mol. The van der Waals surface area contributed by atoms with Crippen molar-refractivity contribution in [1.29, 1.82) is 0 Å². The Morgan fingerprint density at radius 3 is 2.72 bits per heavy atom. The summed E-state index contributed by atoms with van der Waals surface area (Å²) in [5, 5.41) is 3.50. The number of hydrogen-bond donors (Lipinski definition) is 2. The molecule has 0 bridgehead atoms. The largest absolute Gasteiger partial charge is 0.321 e. The number of H-pyrrole nitrogens is 1. The van der Waals surface area contributed by atoms with Crippen molar-refractivity contribution in [1.82, 2.24) is 15.3 Å². The minimum absolute atomic E-state index is 0.204. The van der Waals surface area contributed by atoms with Crippen LogP contribution in [-0.2, 0) is 4.79 Å². The lowest BCUT2D eigenvalue weighted by Crippen LogP contribution is -2.17. The number of hydrogen-bond acceptors (Lipinski definition) is 5. The van der Waals surface area contributed by atoms with Crippen LogP contribution in [0.4, 0.5) is 0 Å². The van der Waals surface area contributed by atoms with Crippen molar-refractivity contribution in [2.45, 2.75) is 0 Å². The van der Waals surface area contributed by atoms with E-state index < -0.39 is 0 Å².